The largest absolute Gasteiger partial charge is 0.330 e. The molecule has 0 bridgehead atoms. The topological polar surface area (TPSA) is 26.0 Å². The minimum Gasteiger partial charge on any atom is -0.330 e. The van der Waals surface area contributed by atoms with Gasteiger partial charge in [-0.25, -0.2) is 0 Å². The van der Waals surface area contributed by atoms with Gasteiger partial charge >= 0.3 is 0 Å². The van der Waals surface area contributed by atoms with E-state index in [1.807, 2.05) is 6.08 Å². The number of allylic oxidation sites excluding steroid dienone is 1. The van der Waals surface area contributed by atoms with Crippen molar-refractivity contribution in [2.45, 2.75) is 32.6 Å². The maximum Gasteiger partial charge on any atom is -0.00772 e. The quantitative estimate of drug-likeness (QED) is 0.564. The molecule has 0 aromatic heterocycles. The van der Waals surface area contributed by atoms with E-state index in [9.17, 15) is 0 Å². The van der Waals surface area contributed by atoms with Gasteiger partial charge in [-0.05, 0) is 38.1 Å². The van der Waals surface area contributed by atoms with Crippen LogP contribution in [0.3, 0.4) is 0 Å². The van der Waals surface area contributed by atoms with Gasteiger partial charge in [0.25, 0.3) is 0 Å². The van der Waals surface area contributed by atoms with Crippen LogP contribution in [0.1, 0.15) is 32.6 Å². The summed E-state index contributed by atoms with van der Waals surface area (Å²) in [5, 5.41) is 0. The molecule has 0 radical (unpaired) electrons. The highest BCUT2D eigenvalue weighted by atomic mass is 14.5. The van der Waals surface area contributed by atoms with Crippen LogP contribution >= 0.6 is 0 Å². The zero-order chi connectivity index (χ0) is 7.82. The lowest BCUT2D eigenvalue weighted by Gasteiger charge is -2.07. The third kappa shape index (κ3) is 5.83. The van der Waals surface area contributed by atoms with Crippen LogP contribution in [0.4, 0.5) is 0 Å². The van der Waals surface area contributed by atoms with Crippen molar-refractivity contribution in [3.8, 4) is 0 Å². The van der Waals surface area contributed by atoms with E-state index in [4.69, 9.17) is 5.73 Å². The summed E-state index contributed by atoms with van der Waals surface area (Å²) in [4.78, 5) is 0. The van der Waals surface area contributed by atoms with E-state index in [1.54, 1.807) is 0 Å². The molecule has 0 saturated carbocycles. The molecule has 2 N–H and O–H groups in total. The number of hydrogen-bond donors (Lipinski definition) is 1. The summed E-state index contributed by atoms with van der Waals surface area (Å²) in [5.74, 6) is 0.821. The Morgan fingerprint density at radius 3 is 2.70 bits per heavy atom. The molecule has 0 fully saturated rings. The Morgan fingerprint density at radius 1 is 1.50 bits per heavy atom. The molecular weight excluding hydrogens is 122 g/mol. The van der Waals surface area contributed by atoms with Crippen molar-refractivity contribution >= 4 is 0 Å². The summed E-state index contributed by atoms with van der Waals surface area (Å²) < 4.78 is 0. The van der Waals surface area contributed by atoms with Gasteiger partial charge in [0.2, 0.25) is 0 Å². The predicted molar refractivity (Wildman–Crippen MR) is 46.9 cm³/mol. The standard InChI is InChI=1S/C9H19N/c1-3-4-6-9(2)7-5-8-10/h3,9H,1,4-8,10H2,2H3/t9-/m1/s1. The van der Waals surface area contributed by atoms with Crippen LogP contribution in [0, 0.1) is 5.92 Å². The molecular formula is C9H19N. The van der Waals surface area contributed by atoms with E-state index in [-0.39, 0.29) is 0 Å². The summed E-state index contributed by atoms with van der Waals surface area (Å²) >= 11 is 0. The average Bonchev–Trinajstić information content (AvgIpc) is 1.97. The third-order valence-corrected chi connectivity index (χ3v) is 1.76. The first-order chi connectivity index (χ1) is 4.81. The van der Waals surface area contributed by atoms with Gasteiger partial charge in [0.15, 0.2) is 0 Å². The fraction of sp³-hybridized carbons (Fsp3) is 0.778. The molecule has 0 aromatic rings. The van der Waals surface area contributed by atoms with Gasteiger partial charge in [-0.2, -0.15) is 0 Å². The Kier molecular flexibility index (Phi) is 6.61. The second-order valence-corrected chi connectivity index (χ2v) is 2.90. The fourth-order valence-electron chi connectivity index (χ4n) is 1.01. The van der Waals surface area contributed by atoms with Crippen LogP contribution in [0.5, 0.6) is 0 Å². The van der Waals surface area contributed by atoms with Crippen molar-refractivity contribution in [1.29, 1.82) is 0 Å². The van der Waals surface area contributed by atoms with Gasteiger partial charge < -0.3 is 5.73 Å². The van der Waals surface area contributed by atoms with Gasteiger partial charge in [0.1, 0.15) is 0 Å². The Balaban J connectivity index is 3.07. The molecule has 1 heteroatoms. The smallest absolute Gasteiger partial charge is 0.00772 e. The lowest BCUT2D eigenvalue weighted by molar-refractivity contribution is 0.483. The monoisotopic (exact) mass is 141 g/mol. The fourth-order valence-corrected chi connectivity index (χ4v) is 1.01. The van der Waals surface area contributed by atoms with E-state index in [0.29, 0.717) is 0 Å². The summed E-state index contributed by atoms with van der Waals surface area (Å²) in [6, 6.07) is 0. The second-order valence-electron chi connectivity index (χ2n) is 2.90. The maximum absolute atomic E-state index is 5.39. The molecule has 0 aliphatic carbocycles. The van der Waals surface area contributed by atoms with Crippen molar-refractivity contribution in [3.63, 3.8) is 0 Å². The second kappa shape index (κ2) is 6.81. The lowest BCUT2D eigenvalue weighted by atomic mass is 10.00. The first kappa shape index (κ1) is 9.70. The van der Waals surface area contributed by atoms with E-state index >= 15 is 0 Å². The molecule has 0 unspecified atom stereocenters. The van der Waals surface area contributed by atoms with Crippen LogP contribution in [0.2, 0.25) is 0 Å². The lowest BCUT2D eigenvalue weighted by Crippen LogP contribution is -2.02. The van der Waals surface area contributed by atoms with Crippen LogP contribution < -0.4 is 5.73 Å². The molecule has 0 heterocycles. The molecule has 0 spiro atoms. The normalized spacial score (nSPS) is 13.0. The SMILES string of the molecule is C=CCC[C@@H](C)CCCN. The highest BCUT2D eigenvalue weighted by Gasteiger charge is 1.98. The van der Waals surface area contributed by atoms with E-state index in [0.717, 1.165) is 25.3 Å². The summed E-state index contributed by atoms with van der Waals surface area (Å²) in [5.41, 5.74) is 5.39. The number of rotatable bonds is 6. The van der Waals surface area contributed by atoms with Crippen molar-refractivity contribution in [2.75, 3.05) is 6.54 Å². The van der Waals surface area contributed by atoms with Crippen LogP contribution in [0.15, 0.2) is 12.7 Å². The number of hydrogen-bond acceptors (Lipinski definition) is 1. The van der Waals surface area contributed by atoms with Crippen LogP contribution in [0.25, 0.3) is 0 Å². The van der Waals surface area contributed by atoms with Gasteiger partial charge in [0, 0.05) is 0 Å². The Hall–Kier alpha value is -0.300. The molecule has 0 rings (SSSR count). The summed E-state index contributed by atoms with van der Waals surface area (Å²) in [6.07, 6.45) is 6.83. The zero-order valence-corrected chi connectivity index (χ0v) is 6.97. The van der Waals surface area contributed by atoms with Gasteiger partial charge in [0.05, 0.1) is 0 Å². The molecule has 10 heavy (non-hydrogen) atoms. The van der Waals surface area contributed by atoms with Gasteiger partial charge in [-0.15, -0.1) is 6.58 Å². The minimum atomic E-state index is 0.821. The van der Waals surface area contributed by atoms with Crippen molar-refractivity contribution in [3.05, 3.63) is 12.7 Å². The van der Waals surface area contributed by atoms with Crippen molar-refractivity contribution in [1.82, 2.24) is 0 Å². The molecule has 0 aromatic carbocycles. The third-order valence-electron chi connectivity index (χ3n) is 1.76. The Bertz CT molecular complexity index is 78.8. The van der Waals surface area contributed by atoms with E-state index < -0.39 is 0 Å². The molecule has 1 atom stereocenters. The Morgan fingerprint density at radius 2 is 2.20 bits per heavy atom. The molecule has 0 saturated heterocycles. The molecule has 0 aliphatic heterocycles. The highest BCUT2D eigenvalue weighted by Crippen LogP contribution is 2.11. The van der Waals surface area contributed by atoms with Crippen molar-refractivity contribution in [2.24, 2.45) is 11.7 Å². The van der Waals surface area contributed by atoms with E-state index in [1.165, 1.54) is 12.8 Å². The summed E-state index contributed by atoms with van der Waals surface area (Å²) in [7, 11) is 0. The average molecular weight is 141 g/mol. The van der Waals surface area contributed by atoms with Crippen LogP contribution in [-0.4, -0.2) is 6.54 Å². The minimum absolute atomic E-state index is 0.821. The highest BCUT2D eigenvalue weighted by molar-refractivity contribution is 4.67. The molecule has 0 amide bonds. The Labute approximate surface area is 64.3 Å². The van der Waals surface area contributed by atoms with Gasteiger partial charge in [-0.3, -0.25) is 0 Å². The molecule has 60 valence electrons. The summed E-state index contributed by atoms with van der Waals surface area (Å²) in [6.45, 7) is 6.80. The first-order valence-corrected chi connectivity index (χ1v) is 4.12. The van der Waals surface area contributed by atoms with Crippen LogP contribution in [-0.2, 0) is 0 Å². The molecule has 1 nitrogen and oxygen atoms in total. The van der Waals surface area contributed by atoms with E-state index in [2.05, 4.69) is 13.5 Å². The zero-order valence-electron chi connectivity index (χ0n) is 6.97. The molecule has 0 aliphatic rings. The van der Waals surface area contributed by atoms with Gasteiger partial charge in [-0.1, -0.05) is 13.0 Å². The van der Waals surface area contributed by atoms with Crippen molar-refractivity contribution < 1.29 is 0 Å². The first-order valence-electron chi connectivity index (χ1n) is 4.12. The number of nitrogens with two attached hydrogens (primary N) is 1. The maximum atomic E-state index is 5.39. The predicted octanol–water partition coefficient (Wildman–Crippen LogP) is 2.33.